The van der Waals surface area contributed by atoms with Crippen LogP contribution in [-0.2, 0) is 5.41 Å². The largest absolute Gasteiger partial charge is 0.328 e. The van der Waals surface area contributed by atoms with Gasteiger partial charge in [0.05, 0.1) is 0 Å². The molecule has 0 fully saturated rings. The van der Waals surface area contributed by atoms with Gasteiger partial charge in [-0.25, -0.2) is 0 Å². The second-order valence-electron chi connectivity index (χ2n) is 6.03. The average Bonchev–Trinajstić information content (AvgIpc) is 2.25. The summed E-state index contributed by atoms with van der Waals surface area (Å²) in [7, 11) is 0. The predicted octanol–water partition coefficient (Wildman–Crippen LogP) is 3.11. The first-order valence-electron chi connectivity index (χ1n) is 6.42. The molecule has 0 aliphatic heterocycles. The third kappa shape index (κ3) is 4.49. The molecular weight excluding hydrogens is 208 g/mol. The van der Waals surface area contributed by atoms with E-state index in [1.807, 2.05) is 6.92 Å². The second kappa shape index (κ2) is 5.65. The molecule has 0 spiro atoms. The van der Waals surface area contributed by atoms with Crippen LogP contribution in [0.2, 0.25) is 0 Å². The summed E-state index contributed by atoms with van der Waals surface area (Å²) in [6, 6.07) is 8.99. The third-order valence-corrected chi connectivity index (χ3v) is 3.14. The van der Waals surface area contributed by atoms with Crippen molar-refractivity contribution in [2.45, 2.75) is 58.0 Å². The molecule has 2 unspecified atom stereocenters. The maximum atomic E-state index is 6.15. The fraction of sp³-hybridized carbons (Fsp3) is 0.600. The maximum absolute atomic E-state index is 6.15. The Morgan fingerprint density at radius 3 is 1.94 bits per heavy atom. The molecule has 2 nitrogen and oxygen atoms in total. The minimum absolute atomic E-state index is 0.106. The number of benzene rings is 1. The van der Waals surface area contributed by atoms with Crippen LogP contribution < -0.4 is 11.5 Å². The smallest absolute Gasteiger partial charge is 0.0295 e. The van der Waals surface area contributed by atoms with Crippen LogP contribution >= 0.6 is 0 Å². The molecule has 1 rings (SSSR count). The first-order chi connectivity index (χ1) is 7.80. The van der Waals surface area contributed by atoms with Crippen molar-refractivity contribution in [3.8, 4) is 0 Å². The zero-order chi connectivity index (χ0) is 13.1. The van der Waals surface area contributed by atoms with E-state index in [0.29, 0.717) is 0 Å². The molecule has 0 aliphatic rings. The first-order valence-corrected chi connectivity index (χ1v) is 6.42. The van der Waals surface area contributed by atoms with Crippen molar-refractivity contribution in [2.75, 3.05) is 0 Å². The summed E-state index contributed by atoms with van der Waals surface area (Å²) in [6.45, 7) is 8.68. The summed E-state index contributed by atoms with van der Waals surface area (Å²) in [5.41, 5.74) is 14.6. The summed E-state index contributed by atoms with van der Waals surface area (Å²) in [6.07, 6.45) is 1.93. The first kappa shape index (κ1) is 14.2. The quantitative estimate of drug-likeness (QED) is 0.841. The lowest BCUT2D eigenvalue weighted by molar-refractivity contribution is 0.553. The molecule has 4 N–H and O–H groups in total. The Morgan fingerprint density at radius 1 is 1.00 bits per heavy atom. The Balaban J connectivity index is 2.67. The van der Waals surface area contributed by atoms with E-state index in [0.717, 1.165) is 12.8 Å². The van der Waals surface area contributed by atoms with Crippen molar-refractivity contribution in [3.63, 3.8) is 0 Å². The van der Waals surface area contributed by atoms with Crippen LogP contribution in [0.4, 0.5) is 0 Å². The molecule has 96 valence electrons. The normalized spacial score (nSPS) is 15.6. The molecule has 17 heavy (non-hydrogen) atoms. The van der Waals surface area contributed by atoms with Crippen LogP contribution in [0.25, 0.3) is 0 Å². The van der Waals surface area contributed by atoms with Crippen molar-refractivity contribution < 1.29 is 0 Å². The molecule has 0 saturated carbocycles. The topological polar surface area (TPSA) is 52.0 Å². The number of hydrogen-bond acceptors (Lipinski definition) is 2. The molecule has 0 heterocycles. The van der Waals surface area contributed by atoms with Crippen LogP contribution in [0, 0.1) is 0 Å². The van der Waals surface area contributed by atoms with Gasteiger partial charge < -0.3 is 11.5 Å². The van der Waals surface area contributed by atoms with Crippen molar-refractivity contribution in [1.29, 1.82) is 0 Å². The number of nitrogens with two attached hydrogens (primary N) is 2. The number of rotatable bonds is 4. The van der Waals surface area contributed by atoms with E-state index in [2.05, 4.69) is 45.0 Å². The summed E-state index contributed by atoms with van der Waals surface area (Å²) in [5, 5.41) is 0. The van der Waals surface area contributed by atoms with Gasteiger partial charge in [0.15, 0.2) is 0 Å². The Bertz CT molecular complexity index is 333. The zero-order valence-electron chi connectivity index (χ0n) is 11.5. The van der Waals surface area contributed by atoms with Gasteiger partial charge in [-0.2, -0.15) is 0 Å². The highest BCUT2D eigenvalue weighted by atomic mass is 14.6. The van der Waals surface area contributed by atoms with Crippen LogP contribution in [0.1, 0.15) is 57.7 Å². The molecule has 0 aliphatic carbocycles. The van der Waals surface area contributed by atoms with E-state index < -0.39 is 0 Å². The van der Waals surface area contributed by atoms with Crippen LogP contribution in [0.5, 0.6) is 0 Å². The van der Waals surface area contributed by atoms with Crippen molar-refractivity contribution >= 4 is 0 Å². The van der Waals surface area contributed by atoms with E-state index in [4.69, 9.17) is 11.5 Å². The molecular formula is C15H26N2. The Morgan fingerprint density at radius 2 is 1.53 bits per heavy atom. The third-order valence-electron chi connectivity index (χ3n) is 3.14. The van der Waals surface area contributed by atoms with E-state index in [9.17, 15) is 0 Å². The Kier molecular flexibility index (Phi) is 4.72. The van der Waals surface area contributed by atoms with Crippen LogP contribution in [0.3, 0.4) is 0 Å². The van der Waals surface area contributed by atoms with Gasteiger partial charge in [0.2, 0.25) is 0 Å². The molecule has 1 aromatic carbocycles. The molecule has 0 aromatic heterocycles. The molecule has 0 bridgehead atoms. The molecule has 2 heteroatoms. The van der Waals surface area contributed by atoms with Gasteiger partial charge in [-0.05, 0) is 36.3 Å². The molecule has 1 aromatic rings. The van der Waals surface area contributed by atoms with Gasteiger partial charge in [-0.15, -0.1) is 0 Å². The summed E-state index contributed by atoms with van der Waals surface area (Å²) < 4.78 is 0. The monoisotopic (exact) mass is 234 g/mol. The maximum Gasteiger partial charge on any atom is 0.0295 e. The molecule has 0 saturated heterocycles. The van der Waals surface area contributed by atoms with Gasteiger partial charge >= 0.3 is 0 Å². The van der Waals surface area contributed by atoms with Crippen LogP contribution in [0.15, 0.2) is 24.3 Å². The highest BCUT2D eigenvalue weighted by Gasteiger charge is 2.14. The standard InChI is InChI=1S/C15H26N2/c1-11(16)5-10-14(17)12-6-8-13(9-7-12)15(2,3)4/h6-9,11,14H,5,10,16-17H2,1-4H3. The lowest BCUT2D eigenvalue weighted by Gasteiger charge is -2.20. The minimum Gasteiger partial charge on any atom is -0.328 e. The highest BCUT2D eigenvalue weighted by molar-refractivity contribution is 5.29. The van der Waals surface area contributed by atoms with Crippen molar-refractivity contribution in [2.24, 2.45) is 11.5 Å². The average molecular weight is 234 g/mol. The number of hydrogen-bond donors (Lipinski definition) is 2. The second-order valence-corrected chi connectivity index (χ2v) is 6.03. The van der Waals surface area contributed by atoms with Gasteiger partial charge in [0.1, 0.15) is 0 Å². The van der Waals surface area contributed by atoms with E-state index >= 15 is 0 Å². The molecule has 0 radical (unpaired) electrons. The van der Waals surface area contributed by atoms with Gasteiger partial charge in [0, 0.05) is 12.1 Å². The van der Waals surface area contributed by atoms with Gasteiger partial charge in [-0.3, -0.25) is 0 Å². The minimum atomic E-state index is 0.106. The fourth-order valence-corrected chi connectivity index (χ4v) is 1.84. The summed E-state index contributed by atoms with van der Waals surface area (Å²) in [4.78, 5) is 0. The van der Waals surface area contributed by atoms with Gasteiger partial charge in [-0.1, -0.05) is 45.0 Å². The summed E-state index contributed by atoms with van der Waals surface area (Å²) in [5.74, 6) is 0. The summed E-state index contributed by atoms with van der Waals surface area (Å²) >= 11 is 0. The van der Waals surface area contributed by atoms with Crippen LogP contribution in [-0.4, -0.2) is 6.04 Å². The Labute approximate surface area is 105 Å². The van der Waals surface area contributed by atoms with E-state index in [1.54, 1.807) is 0 Å². The Hall–Kier alpha value is -0.860. The molecule has 0 amide bonds. The lowest BCUT2D eigenvalue weighted by atomic mass is 9.86. The van der Waals surface area contributed by atoms with Crippen molar-refractivity contribution in [1.82, 2.24) is 0 Å². The highest BCUT2D eigenvalue weighted by Crippen LogP contribution is 2.24. The zero-order valence-corrected chi connectivity index (χ0v) is 11.5. The predicted molar refractivity (Wildman–Crippen MR) is 75.0 cm³/mol. The van der Waals surface area contributed by atoms with E-state index in [1.165, 1.54) is 11.1 Å². The van der Waals surface area contributed by atoms with Gasteiger partial charge in [0.25, 0.3) is 0 Å². The lowest BCUT2D eigenvalue weighted by Crippen LogP contribution is -2.19. The SMILES string of the molecule is CC(N)CCC(N)c1ccc(C(C)(C)C)cc1. The van der Waals surface area contributed by atoms with E-state index in [-0.39, 0.29) is 17.5 Å². The molecule has 2 atom stereocenters. The fourth-order valence-electron chi connectivity index (χ4n) is 1.84. The van der Waals surface area contributed by atoms with Crippen molar-refractivity contribution in [3.05, 3.63) is 35.4 Å².